The van der Waals surface area contributed by atoms with Crippen molar-refractivity contribution in [3.05, 3.63) is 29.8 Å². The van der Waals surface area contributed by atoms with Crippen LogP contribution in [-0.2, 0) is 20.0 Å². The molecule has 6 nitrogen and oxygen atoms in total. The molecule has 0 atom stereocenters. The molecule has 0 bridgehead atoms. The topological polar surface area (TPSA) is 74.5 Å². The van der Waals surface area contributed by atoms with E-state index in [2.05, 4.69) is 15.4 Å². The van der Waals surface area contributed by atoms with Crippen LogP contribution in [0, 0.1) is 0 Å². The van der Waals surface area contributed by atoms with E-state index in [1.807, 2.05) is 30.3 Å². The average molecular weight is 220 g/mol. The Balaban J connectivity index is 1.97. The molecule has 0 unspecified atom stereocenters. The molecule has 86 valence electrons. The summed E-state index contributed by atoms with van der Waals surface area (Å²) in [7, 11) is 1.90. The van der Waals surface area contributed by atoms with Crippen molar-refractivity contribution in [3.63, 3.8) is 0 Å². The summed E-state index contributed by atoms with van der Waals surface area (Å²) in [6.45, 7) is 1.40. The summed E-state index contributed by atoms with van der Waals surface area (Å²) in [5.74, 6) is 0. The molecule has 0 saturated heterocycles. The van der Waals surface area contributed by atoms with E-state index >= 15 is 0 Å². The standard InChI is InChI=1S/C10H16N6/c1-15-6-9(5-12-15)7-16-8-10(13-14-16)3-2-4-11/h5-6,8H,2-4,7,11H2,1H3. The molecule has 0 aromatic carbocycles. The maximum atomic E-state index is 5.44. The molecule has 2 aromatic rings. The predicted octanol–water partition coefficient (Wildman–Crippen LogP) is -0.0488. The second-order valence-electron chi connectivity index (χ2n) is 3.82. The van der Waals surface area contributed by atoms with Gasteiger partial charge in [0.05, 0.1) is 18.4 Å². The maximum absolute atomic E-state index is 5.44. The Labute approximate surface area is 94.1 Å². The molecule has 16 heavy (non-hydrogen) atoms. The van der Waals surface area contributed by atoms with Gasteiger partial charge in [0.25, 0.3) is 0 Å². The third-order valence-electron chi connectivity index (χ3n) is 2.33. The van der Waals surface area contributed by atoms with Crippen LogP contribution in [0.4, 0.5) is 0 Å². The Bertz CT molecular complexity index is 444. The number of aryl methyl sites for hydroxylation is 2. The Morgan fingerprint density at radius 1 is 1.38 bits per heavy atom. The van der Waals surface area contributed by atoms with Gasteiger partial charge in [0.2, 0.25) is 0 Å². The maximum Gasteiger partial charge on any atom is 0.0827 e. The van der Waals surface area contributed by atoms with Crippen LogP contribution in [0.5, 0.6) is 0 Å². The van der Waals surface area contributed by atoms with Crippen LogP contribution in [-0.4, -0.2) is 31.3 Å². The molecule has 0 aliphatic carbocycles. The van der Waals surface area contributed by atoms with Gasteiger partial charge in [0, 0.05) is 25.0 Å². The van der Waals surface area contributed by atoms with Gasteiger partial charge in [0.1, 0.15) is 0 Å². The molecule has 0 aliphatic heterocycles. The van der Waals surface area contributed by atoms with Crippen molar-refractivity contribution in [2.75, 3.05) is 6.54 Å². The van der Waals surface area contributed by atoms with E-state index in [1.54, 1.807) is 4.68 Å². The first-order chi connectivity index (χ1) is 7.78. The molecular formula is C10H16N6. The minimum absolute atomic E-state index is 0.690. The van der Waals surface area contributed by atoms with Crippen molar-refractivity contribution in [2.24, 2.45) is 12.8 Å². The summed E-state index contributed by atoms with van der Waals surface area (Å²) >= 11 is 0. The Hall–Kier alpha value is -1.69. The fourth-order valence-corrected chi connectivity index (χ4v) is 1.55. The van der Waals surface area contributed by atoms with E-state index in [0.717, 1.165) is 24.1 Å². The fourth-order valence-electron chi connectivity index (χ4n) is 1.55. The van der Waals surface area contributed by atoms with Crippen LogP contribution < -0.4 is 5.73 Å². The number of aromatic nitrogens is 5. The van der Waals surface area contributed by atoms with E-state index in [0.29, 0.717) is 13.1 Å². The molecule has 2 rings (SSSR count). The minimum atomic E-state index is 0.690. The number of hydrogen-bond acceptors (Lipinski definition) is 4. The Kier molecular flexibility index (Phi) is 3.31. The van der Waals surface area contributed by atoms with E-state index in [-0.39, 0.29) is 0 Å². The molecule has 0 aliphatic rings. The highest BCUT2D eigenvalue weighted by atomic mass is 15.4. The minimum Gasteiger partial charge on any atom is -0.330 e. The van der Waals surface area contributed by atoms with Crippen LogP contribution in [0.15, 0.2) is 18.6 Å². The highest BCUT2D eigenvalue weighted by molar-refractivity contribution is 5.04. The number of nitrogens with two attached hydrogens (primary N) is 1. The first kappa shape index (κ1) is 10.8. The predicted molar refractivity (Wildman–Crippen MR) is 59.7 cm³/mol. The summed E-state index contributed by atoms with van der Waals surface area (Å²) in [6, 6.07) is 0. The van der Waals surface area contributed by atoms with Gasteiger partial charge in [-0.15, -0.1) is 5.10 Å². The van der Waals surface area contributed by atoms with Gasteiger partial charge in [-0.2, -0.15) is 5.10 Å². The van der Waals surface area contributed by atoms with Crippen LogP contribution in [0.25, 0.3) is 0 Å². The van der Waals surface area contributed by atoms with Crippen LogP contribution >= 0.6 is 0 Å². The SMILES string of the molecule is Cn1cc(Cn2cc(CCCN)nn2)cn1. The lowest BCUT2D eigenvalue weighted by Crippen LogP contribution is -2.00. The zero-order chi connectivity index (χ0) is 11.4. The molecule has 0 fully saturated rings. The highest BCUT2D eigenvalue weighted by Crippen LogP contribution is 2.02. The number of hydrogen-bond donors (Lipinski definition) is 1. The third-order valence-corrected chi connectivity index (χ3v) is 2.33. The molecule has 2 heterocycles. The van der Waals surface area contributed by atoms with Gasteiger partial charge in [0.15, 0.2) is 0 Å². The molecule has 0 spiro atoms. The first-order valence-corrected chi connectivity index (χ1v) is 5.34. The smallest absolute Gasteiger partial charge is 0.0827 e. The van der Waals surface area contributed by atoms with E-state index < -0.39 is 0 Å². The van der Waals surface area contributed by atoms with Crippen molar-refractivity contribution in [3.8, 4) is 0 Å². The molecule has 2 N–H and O–H groups in total. The van der Waals surface area contributed by atoms with Crippen molar-refractivity contribution in [1.82, 2.24) is 24.8 Å². The zero-order valence-electron chi connectivity index (χ0n) is 9.37. The van der Waals surface area contributed by atoms with Gasteiger partial charge >= 0.3 is 0 Å². The van der Waals surface area contributed by atoms with Crippen molar-refractivity contribution >= 4 is 0 Å². The molecule has 2 aromatic heterocycles. The van der Waals surface area contributed by atoms with Gasteiger partial charge < -0.3 is 5.73 Å². The van der Waals surface area contributed by atoms with Crippen LogP contribution in [0.3, 0.4) is 0 Å². The molecule has 0 saturated carbocycles. The highest BCUT2D eigenvalue weighted by Gasteiger charge is 2.02. The second kappa shape index (κ2) is 4.89. The summed E-state index contributed by atoms with van der Waals surface area (Å²) in [5, 5.41) is 12.3. The average Bonchev–Trinajstić information content (AvgIpc) is 2.86. The van der Waals surface area contributed by atoms with Gasteiger partial charge in [-0.1, -0.05) is 5.21 Å². The van der Waals surface area contributed by atoms with E-state index in [1.165, 1.54) is 0 Å². The summed E-state index contributed by atoms with van der Waals surface area (Å²) in [6.07, 6.45) is 7.61. The number of rotatable bonds is 5. The van der Waals surface area contributed by atoms with Crippen LogP contribution in [0.2, 0.25) is 0 Å². The van der Waals surface area contributed by atoms with E-state index in [4.69, 9.17) is 5.73 Å². The van der Waals surface area contributed by atoms with Gasteiger partial charge in [-0.25, -0.2) is 4.68 Å². The Morgan fingerprint density at radius 2 is 2.25 bits per heavy atom. The van der Waals surface area contributed by atoms with Crippen molar-refractivity contribution in [1.29, 1.82) is 0 Å². The summed E-state index contributed by atoms with van der Waals surface area (Å²) in [4.78, 5) is 0. The molecular weight excluding hydrogens is 204 g/mol. The first-order valence-electron chi connectivity index (χ1n) is 5.34. The monoisotopic (exact) mass is 220 g/mol. The lowest BCUT2D eigenvalue weighted by molar-refractivity contribution is 0.648. The normalized spacial score (nSPS) is 10.9. The Morgan fingerprint density at radius 3 is 2.94 bits per heavy atom. The van der Waals surface area contributed by atoms with E-state index in [9.17, 15) is 0 Å². The van der Waals surface area contributed by atoms with Crippen LogP contribution in [0.1, 0.15) is 17.7 Å². The zero-order valence-corrected chi connectivity index (χ0v) is 9.37. The quantitative estimate of drug-likeness (QED) is 0.766. The largest absolute Gasteiger partial charge is 0.330 e. The molecule has 6 heteroatoms. The van der Waals surface area contributed by atoms with Gasteiger partial charge in [-0.05, 0) is 19.4 Å². The lowest BCUT2D eigenvalue weighted by atomic mass is 10.2. The number of nitrogens with zero attached hydrogens (tertiary/aromatic N) is 5. The summed E-state index contributed by atoms with van der Waals surface area (Å²) in [5.41, 5.74) is 7.56. The van der Waals surface area contributed by atoms with Gasteiger partial charge in [-0.3, -0.25) is 4.68 Å². The van der Waals surface area contributed by atoms with Crippen molar-refractivity contribution < 1.29 is 0 Å². The summed E-state index contributed by atoms with van der Waals surface area (Å²) < 4.78 is 3.60. The lowest BCUT2D eigenvalue weighted by Gasteiger charge is -1.95. The second-order valence-corrected chi connectivity index (χ2v) is 3.82. The van der Waals surface area contributed by atoms with Crippen molar-refractivity contribution in [2.45, 2.75) is 19.4 Å². The molecule has 0 amide bonds. The third kappa shape index (κ3) is 2.66. The fraction of sp³-hybridized carbons (Fsp3) is 0.500. The molecule has 0 radical (unpaired) electrons.